The van der Waals surface area contributed by atoms with Crippen LogP contribution in [0.1, 0.15) is 28.0 Å². The second-order valence-corrected chi connectivity index (χ2v) is 12.7. The Morgan fingerprint density at radius 2 is 1.73 bits per heavy atom. The molecule has 2 amide bonds. The Morgan fingerprint density at radius 1 is 1.00 bits per heavy atom. The van der Waals surface area contributed by atoms with Crippen molar-refractivity contribution in [2.75, 3.05) is 6.54 Å². The maximum atomic E-state index is 14.4. The van der Waals surface area contributed by atoms with Gasteiger partial charge in [-0.25, -0.2) is 8.42 Å². The van der Waals surface area contributed by atoms with E-state index in [0.29, 0.717) is 22.2 Å². The fraction of sp³-hybridized carbons (Fsp3) is 0.194. The molecule has 6 rings (SSSR count). The molecule has 2 atom stereocenters. The van der Waals surface area contributed by atoms with E-state index >= 15 is 0 Å². The molecule has 224 valence electrons. The van der Waals surface area contributed by atoms with E-state index < -0.39 is 44.6 Å². The molecule has 2 aromatic carbocycles. The van der Waals surface area contributed by atoms with Gasteiger partial charge in [0.25, 0.3) is 11.8 Å². The van der Waals surface area contributed by atoms with E-state index in [1.165, 1.54) is 30.5 Å². The number of nitrogens with zero attached hydrogens (tertiary/aromatic N) is 3. The molecule has 2 aromatic heterocycles. The number of benzene rings is 2. The number of fused-ring (bicyclic) bond motifs is 1. The summed E-state index contributed by atoms with van der Waals surface area (Å²) in [7, 11) is -4.22. The molecule has 2 aliphatic rings. The Balaban J connectivity index is 1.38. The fourth-order valence-corrected chi connectivity index (χ4v) is 7.25. The van der Waals surface area contributed by atoms with E-state index in [2.05, 4.69) is 20.6 Å². The monoisotopic (exact) mass is 613 g/mol. The molecule has 0 spiro atoms. The molecule has 0 radical (unpaired) electrons. The summed E-state index contributed by atoms with van der Waals surface area (Å²) in [6.45, 7) is -0.0983. The topological polar surface area (TPSA) is 179 Å². The number of carbonyl (C=O) groups excluding carboxylic acids is 3. The standard InChI is InChI=1S/C31H27N5O7S/c37-20-10-8-18(9-11-20)14-23(35-30(40)21-6-1-4-19-5-2-13-33-28(19)21)31(41)36-27(15-22-29(36)26(39)16-34-22)44(42,43)17-24-25(38)7-3-12-32-24/h1-13,23,27,34,37-38H,14-17H2,(H,35,40). The normalized spacial score (nSPS) is 17.0. The molecule has 0 saturated carbocycles. The third-order valence-corrected chi connectivity index (χ3v) is 9.52. The number of Topliss-reactive ketones (excluding diaryl/α,β-unsaturated/α-hetero) is 1. The zero-order valence-corrected chi connectivity index (χ0v) is 24.0. The minimum Gasteiger partial charge on any atom is -0.508 e. The molecule has 0 aliphatic carbocycles. The van der Waals surface area contributed by atoms with Gasteiger partial charge >= 0.3 is 0 Å². The number of hydrogen-bond donors (Lipinski definition) is 4. The molecule has 12 nitrogen and oxygen atoms in total. The predicted octanol–water partition coefficient (Wildman–Crippen LogP) is 1.94. The van der Waals surface area contributed by atoms with Crippen molar-refractivity contribution in [3.8, 4) is 11.5 Å². The number of aromatic nitrogens is 2. The highest BCUT2D eigenvalue weighted by Gasteiger charge is 2.49. The number of carbonyl (C=O) groups is 3. The van der Waals surface area contributed by atoms with Crippen LogP contribution in [-0.4, -0.2) is 69.1 Å². The van der Waals surface area contributed by atoms with Crippen LogP contribution in [-0.2, 0) is 31.6 Å². The molecule has 0 fully saturated rings. The summed E-state index contributed by atoms with van der Waals surface area (Å²) in [6, 6.07) is 16.1. The number of hydrogen-bond acceptors (Lipinski definition) is 10. The van der Waals surface area contributed by atoms with Crippen molar-refractivity contribution in [2.24, 2.45) is 0 Å². The van der Waals surface area contributed by atoms with Gasteiger partial charge in [-0.2, -0.15) is 0 Å². The Labute approximate surface area is 252 Å². The summed E-state index contributed by atoms with van der Waals surface area (Å²) in [6.07, 6.45) is 2.65. The van der Waals surface area contributed by atoms with Gasteiger partial charge in [0.2, 0.25) is 0 Å². The maximum absolute atomic E-state index is 14.4. The molecule has 2 aliphatic heterocycles. The molecule has 4 heterocycles. The van der Waals surface area contributed by atoms with Crippen molar-refractivity contribution in [1.29, 1.82) is 0 Å². The van der Waals surface area contributed by atoms with E-state index in [-0.39, 0.29) is 47.8 Å². The highest BCUT2D eigenvalue weighted by atomic mass is 32.2. The highest BCUT2D eigenvalue weighted by Crippen LogP contribution is 2.36. The van der Waals surface area contributed by atoms with Gasteiger partial charge in [0, 0.05) is 36.3 Å². The lowest BCUT2D eigenvalue weighted by atomic mass is 10.0. The van der Waals surface area contributed by atoms with Crippen LogP contribution >= 0.6 is 0 Å². The summed E-state index contributed by atoms with van der Waals surface area (Å²) in [5.74, 6) is -2.88. The van der Waals surface area contributed by atoms with E-state index in [1.54, 1.807) is 48.7 Å². The second-order valence-electron chi connectivity index (χ2n) is 10.5. The van der Waals surface area contributed by atoms with E-state index in [4.69, 9.17) is 0 Å². The lowest BCUT2D eigenvalue weighted by Gasteiger charge is -2.31. The number of pyridine rings is 2. The largest absolute Gasteiger partial charge is 0.508 e. The zero-order chi connectivity index (χ0) is 31.0. The number of para-hydroxylation sites is 1. The number of phenols is 1. The number of aromatic hydroxyl groups is 2. The van der Waals surface area contributed by atoms with Crippen molar-refractivity contribution in [3.63, 3.8) is 0 Å². The Kier molecular flexibility index (Phi) is 7.47. The quantitative estimate of drug-likeness (QED) is 0.229. The van der Waals surface area contributed by atoms with Gasteiger partial charge in [-0.15, -0.1) is 0 Å². The number of rotatable bonds is 8. The first kappa shape index (κ1) is 28.8. The van der Waals surface area contributed by atoms with Crippen LogP contribution in [0, 0.1) is 0 Å². The first-order valence-electron chi connectivity index (χ1n) is 13.7. The molecular weight excluding hydrogens is 586 g/mol. The third kappa shape index (κ3) is 5.44. The zero-order valence-electron chi connectivity index (χ0n) is 23.2. The van der Waals surface area contributed by atoms with Crippen molar-refractivity contribution in [1.82, 2.24) is 25.5 Å². The lowest BCUT2D eigenvalue weighted by molar-refractivity contribution is -0.133. The predicted molar refractivity (Wildman–Crippen MR) is 159 cm³/mol. The van der Waals surface area contributed by atoms with E-state index in [9.17, 15) is 33.0 Å². The van der Waals surface area contributed by atoms with Gasteiger partial charge in [0.1, 0.15) is 28.6 Å². The average molecular weight is 614 g/mol. The molecule has 44 heavy (non-hydrogen) atoms. The minimum absolute atomic E-state index is 0.00314. The summed E-state index contributed by atoms with van der Waals surface area (Å²) in [5, 5.41) is 24.8. The molecule has 0 bridgehead atoms. The van der Waals surface area contributed by atoms with Gasteiger partial charge in [0.15, 0.2) is 15.6 Å². The van der Waals surface area contributed by atoms with Crippen LogP contribution in [0.15, 0.2) is 90.5 Å². The molecule has 13 heteroatoms. The number of phenolic OH excluding ortho intramolecular Hbond substituents is 1. The summed E-state index contributed by atoms with van der Waals surface area (Å²) < 4.78 is 27.6. The van der Waals surface area contributed by atoms with Crippen LogP contribution in [0.5, 0.6) is 11.5 Å². The third-order valence-electron chi connectivity index (χ3n) is 7.63. The lowest BCUT2D eigenvalue weighted by Crippen LogP contribution is -2.53. The minimum atomic E-state index is -4.22. The van der Waals surface area contributed by atoms with Crippen molar-refractivity contribution < 1.29 is 33.0 Å². The second kappa shape index (κ2) is 11.4. The van der Waals surface area contributed by atoms with Gasteiger partial charge < -0.3 is 20.8 Å². The highest BCUT2D eigenvalue weighted by molar-refractivity contribution is 7.91. The summed E-state index contributed by atoms with van der Waals surface area (Å²) in [5.41, 5.74) is 1.35. The summed E-state index contributed by atoms with van der Waals surface area (Å²) >= 11 is 0. The van der Waals surface area contributed by atoms with E-state index in [0.717, 1.165) is 4.90 Å². The first-order valence-corrected chi connectivity index (χ1v) is 15.4. The first-order chi connectivity index (χ1) is 21.1. The van der Waals surface area contributed by atoms with Crippen LogP contribution in [0.4, 0.5) is 0 Å². The Morgan fingerprint density at radius 3 is 2.50 bits per heavy atom. The number of sulfone groups is 1. The average Bonchev–Trinajstić information content (AvgIpc) is 3.58. The number of nitrogens with one attached hydrogen (secondary N) is 2. The van der Waals surface area contributed by atoms with Crippen molar-refractivity contribution in [3.05, 3.63) is 107 Å². The molecule has 0 saturated heterocycles. The van der Waals surface area contributed by atoms with E-state index in [1.807, 2.05) is 0 Å². The van der Waals surface area contributed by atoms with Gasteiger partial charge in [-0.1, -0.05) is 30.3 Å². The maximum Gasteiger partial charge on any atom is 0.254 e. The Hall–Kier alpha value is -5.30. The Bertz CT molecular complexity index is 1940. The van der Waals surface area contributed by atoms with Crippen LogP contribution in [0.25, 0.3) is 10.9 Å². The molecule has 4 N–H and O–H groups in total. The smallest absolute Gasteiger partial charge is 0.254 e. The van der Waals surface area contributed by atoms with Gasteiger partial charge in [-0.05, 0) is 42.0 Å². The SMILES string of the molecule is O=C1CNC2=C1N(C(=O)C(Cc1ccc(O)cc1)NC(=O)c1cccc3cccnc13)C(S(=O)(=O)Cc1ncccc1O)C2. The molecule has 2 unspecified atom stereocenters. The van der Waals surface area contributed by atoms with Gasteiger partial charge in [-0.3, -0.25) is 29.3 Å². The van der Waals surface area contributed by atoms with Crippen LogP contribution in [0.2, 0.25) is 0 Å². The molecular formula is C31H27N5O7S. The summed E-state index contributed by atoms with van der Waals surface area (Å²) in [4.78, 5) is 50.3. The van der Waals surface area contributed by atoms with Gasteiger partial charge in [0.05, 0.1) is 29.1 Å². The van der Waals surface area contributed by atoms with Crippen molar-refractivity contribution in [2.45, 2.75) is 30.0 Å². The fourth-order valence-electron chi connectivity index (χ4n) is 5.51. The number of ketones is 1. The number of amides is 2. The van der Waals surface area contributed by atoms with Crippen LogP contribution in [0.3, 0.4) is 0 Å². The van der Waals surface area contributed by atoms with Crippen molar-refractivity contribution >= 4 is 38.3 Å². The molecule has 4 aromatic rings. The van der Waals surface area contributed by atoms with Crippen LogP contribution < -0.4 is 10.6 Å².